The summed E-state index contributed by atoms with van der Waals surface area (Å²) >= 11 is 0. The summed E-state index contributed by atoms with van der Waals surface area (Å²) in [5.41, 5.74) is 1.09. The molecular formula is C14H17N3O4. The third-order valence-corrected chi connectivity index (χ3v) is 3.10. The van der Waals surface area contributed by atoms with E-state index in [9.17, 15) is 15.2 Å². The van der Waals surface area contributed by atoms with Gasteiger partial charge in [-0.2, -0.15) is 0 Å². The van der Waals surface area contributed by atoms with Crippen molar-refractivity contribution in [3.63, 3.8) is 0 Å². The second kappa shape index (κ2) is 6.96. The molecule has 2 rings (SSSR count). The van der Waals surface area contributed by atoms with Gasteiger partial charge in [0, 0.05) is 37.0 Å². The SMILES string of the molecule is COCC(O)CCNc1ccnc2c([N+](=O)[O-])cccc12. The molecule has 0 aliphatic rings. The van der Waals surface area contributed by atoms with E-state index in [1.165, 1.54) is 19.4 Å². The maximum atomic E-state index is 11.0. The van der Waals surface area contributed by atoms with E-state index in [4.69, 9.17) is 4.74 Å². The number of nitrogens with one attached hydrogen (secondary N) is 1. The number of nitro benzene ring substituents is 1. The van der Waals surface area contributed by atoms with Gasteiger partial charge < -0.3 is 15.2 Å². The van der Waals surface area contributed by atoms with Gasteiger partial charge in [0.25, 0.3) is 5.69 Å². The van der Waals surface area contributed by atoms with Gasteiger partial charge in [0.2, 0.25) is 0 Å². The number of benzene rings is 1. The number of ether oxygens (including phenoxy) is 1. The Morgan fingerprint density at radius 2 is 2.29 bits per heavy atom. The van der Waals surface area contributed by atoms with Gasteiger partial charge in [-0.3, -0.25) is 10.1 Å². The van der Waals surface area contributed by atoms with Crippen LogP contribution in [0.1, 0.15) is 6.42 Å². The Hall–Kier alpha value is -2.25. The van der Waals surface area contributed by atoms with Crippen molar-refractivity contribution >= 4 is 22.3 Å². The topological polar surface area (TPSA) is 97.5 Å². The molecule has 7 nitrogen and oxygen atoms in total. The van der Waals surface area contributed by atoms with Gasteiger partial charge in [0.15, 0.2) is 0 Å². The normalized spacial score (nSPS) is 12.3. The highest BCUT2D eigenvalue weighted by molar-refractivity contribution is 5.96. The Morgan fingerprint density at radius 1 is 1.48 bits per heavy atom. The number of non-ortho nitro benzene ring substituents is 1. The highest BCUT2D eigenvalue weighted by atomic mass is 16.6. The molecule has 0 radical (unpaired) electrons. The quantitative estimate of drug-likeness (QED) is 0.597. The van der Waals surface area contributed by atoms with Crippen LogP contribution in [-0.2, 0) is 4.74 Å². The first kappa shape index (κ1) is 15.1. The average Bonchev–Trinajstić information content (AvgIpc) is 2.47. The van der Waals surface area contributed by atoms with E-state index in [1.807, 2.05) is 0 Å². The van der Waals surface area contributed by atoms with E-state index in [-0.39, 0.29) is 12.3 Å². The summed E-state index contributed by atoms with van der Waals surface area (Å²) in [4.78, 5) is 14.6. The second-order valence-corrected chi connectivity index (χ2v) is 4.61. The molecular weight excluding hydrogens is 274 g/mol. The molecule has 2 N–H and O–H groups in total. The minimum atomic E-state index is -0.537. The molecule has 0 amide bonds. The molecule has 0 fully saturated rings. The highest BCUT2D eigenvalue weighted by Gasteiger charge is 2.14. The average molecular weight is 291 g/mol. The summed E-state index contributed by atoms with van der Waals surface area (Å²) in [7, 11) is 1.53. The first-order valence-corrected chi connectivity index (χ1v) is 6.56. The minimum Gasteiger partial charge on any atom is -0.391 e. The van der Waals surface area contributed by atoms with Gasteiger partial charge in [-0.05, 0) is 12.5 Å². The van der Waals surface area contributed by atoms with Gasteiger partial charge in [-0.25, -0.2) is 4.98 Å². The standard InChI is InChI=1S/C14H17N3O4/c1-21-9-10(18)5-7-15-12-6-8-16-14-11(12)3-2-4-13(14)17(19)20/h2-4,6,8,10,18H,5,7,9H2,1H3,(H,15,16). The number of fused-ring (bicyclic) bond motifs is 1. The maximum absolute atomic E-state index is 11.0. The molecule has 0 saturated carbocycles. The molecule has 21 heavy (non-hydrogen) atoms. The Bertz CT molecular complexity index is 633. The Balaban J connectivity index is 2.17. The number of hydrogen-bond acceptors (Lipinski definition) is 6. The lowest BCUT2D eigenvalue weighted by molar-refractivity contribution is -0.383. The van der Waals surface area contributed by atoms with Crippen LogP contribution in [0.4, 0.5) is 11.4 Å². The number of anilines is 1. The number of nitro groups is 1. The van der Waals surface area contributed by atoms with Crippen molar-refractivity contribution in [2.24, 2.45) is 0 Å². The molecule has 1 atom stereocenters. The van der Waals surface area contributed by atoms with Crippen molar-refractivity contribution in [3.8, 4) is 0 Å². The molecule has 0 saturated heterocycles. The number of hydrogen-bond donors (Lipinski definition) is 2. The van der Waals surface area contributed by atoms with Crippen LogP contribution in [0.5, 0.6) is 0 Å². The smallest absolute Gasteiger partial charge is 0.295 e. The summed E-state index contributed by atoms with van der Waals surface area (Å²) in [6.45, 7) is 0.816. The van der Waals surface area contributed by atoms with E-state index in [2.05, 4.69) is 10.3 Å². The third-order valence-electron chi connectivity index (χ3n) is 3.10. The largest absolute Gasteiger partial charge is 0.391 e. The lowest BCUT2D eigenvalue weighted by Crippen LogP contribution is -2.18. The van der Waals surface area contributed by atoms with Gasteiger partial charge in [-0.1, -0.05) is 12.1 Å². The zero-order valence-corrected chi connectivity index (χ0v) is 11.7. The number of rotatable bonds is 7. The fraction of sp³-hybridized carbons (Fsp3) is 0.357. The lowest BCUT2D eigenvalue weighted by atomic mass is 10.1. The molecule has 112 valence electrons. The number of methoxy groups -OCH3 is 1. The summed E-state index contributed by atoms with van der Waals surface area (Å²) < 4.78 is 4.86. The fourth-order valence-electron chi connectivity index (χ4n) is 2.11. The van der Waals surface area contributed by atoms with Crippen molar-refractivity contribution in [2.45, 2.75) is 12.5 Å². The number of aliphatic hydroxyl groups excluding tert-OH is 1. The maximum Gasteiger partial charge on any atom is 0.295 e. The summed E-state index contributed by atoms with van der Waals surface area (Å²) in [5, 5.41) is 24.4. The van der Waals surface area contributed by atoms with E-state index < -0.39 is 11.0 Å². The van der Waals surface area contributed by atoms with E-state index in [0.29, 0.717) is 23.9 Å². The molecule has 0 bridgehead atoms. The Kier molecular flexibility index (Phi) is 5.02. The van der Waals surface area contributed by atoms with Crippen LogP contribution in [0.25, 0.3) is 10.9 Å². The molecule has 0 spiro atoms. The zero-order chi connectivity index (χ0) is 15.2. The summed E-state index contributed by atoms with van der Waals surface area (Å²) in [6.07, 6.45) is 1.51. The molecule has 1 aromatic carbocycles. The van der Waals surface area contributed by atoms with Crippen LogP contribution in [0.15, 0.2) is 30.5 Å². The van der Waals surface area contributed by atoms with Crippen LogP contribution in [0.3, 0.4) is 0 Å². The van der Waals surface area contributed by atoms with E-state index in [1.54, 1.807) is 18.2 Å². The predicted molar refractivity (Wildman–Crippen MR) is 79.4 cm³/mol. The van der Waals surface area contributed by atoms with Gasteiger partial charge in [0.05, 0.1) is 17.6 Å². The Morgan fingerprint density at radius 3 is 3.00 bits per heavy atom. The number of para-hydroxylation sites is 1. The first-order chi connectivity index (χ1) is 10.1. The van der Waals surface area contributed by atoms with Crippen molar-refractivity contribution in [1.82, 2.24) is 4.98 Å². The third kappa shape index (κ3) is 3.65. The molecule has 2 aromatic rings. The van der Waals surface area contributed by atoms with E-state index in [0.717, 1.165) is 5.69 Å². The van der Waals surface area contributed by atoms with Crippen LogP contribution >= 0.6 is 0 Å². The predicted octanol–water partition coefficient (Wildman–Crippen LogP) is 1.95. The minimum absolute atomic E-state index is 0.0180. The first-order valence-electron chi connectivity index (χ1n) is 6.56. The van der Waals surface area contributed by atoms with Crippen LogP contribution in [0, 0.1) is 10.1 Å². The second-order valence-electron chi connectivity index (χ2n) is 4.61. The molecule has 1 heterocycles. The van der Waals surface area contributed by atoms with Crippen LogP contribution in [-0.4, -0.2) is 41.4 Å². The van der Waals surface area contributed by atoms with Gasteiger partial charge in [-0.15, -0.1) is 0 Å². The molecule has 1 unspecified atom stereocenters. The summed E-state index contributed by atoms with van der Waals surface area (Å²) in [5.74, 6) is 0. The number of aromatic nitrogens is 1. The molecule has 0 aliphatic heterocycles. The lowest BCUT2D eigenvalue weighted by Gasteiger charge is -2.12. The molecule has 0 aliphatic carbocycles. The van der Waals surface area contributed by atoms with Gasteiger partial charge in [0.1, 0.15) is 5.52 Å². The van der Waals surface area contributed by atoms with Crippen LogP contribution in [0.2, 0.25) is 0 Å². The monoisotopic (exact) mass is 291 g/mol. The van der Waals surface area contributed by atoms with Crippen molar-refractivity contribution < 1.29 is 14.8 Å². The van der Waals surface area contributed by atoms with Gasteiger partial charge >= 0.3 is 0 Å². The van der Waals surface area contributed by atoms with Crippen molar-refractivity contribution in [2.75, 3.05) is 25.6 Å². The fourth-order valence-corrected chi connectivity index (χ4v) is 2.11. The van der Waals surface area contributed by atoms with Crippen molar-refractivity contribution in [3.05, 3.63) is 40.6 Å². The van der Waals surface area contributed by atoms with Crippen molar-refractivity contribution in [1.29, 1.82) is 0 Å². The Labute approximate surface area is 121 Å². The number of aliphatic hydroxyl groups is 1. The highest BCUT2D eigenvalue weighted by Crippen LogP contribution is 2.28. The zero-order valence-electron chi connectivity index (χ0n) is 11.7. The van der Waals surface area contributed by atoms with E-state index >= 15 is 0 Å². The van der Waals surface area contributed by atoms with Crippen LogP contribution < -0.4 is 5.32 Å². The number of pyridine rings is 1. The molecule has 7 heteroatoms. The molecule has 1 aromatic heterocycles. The summed E-state index contributed by atoms with van der Waals surface area (Å²) in [6, 6.07) is 6.60. The number of nitrogens with zero attached hydrogens (tertiary/aromatic N) is 2.